The molecular weight excluding hydrogens is 1230 g/mol. The first kappa shape index (κ1) is 87.1. The number of hydrogen-bond donors (Lipinski definition) is 10. The Labute approximate surface area is 576 Å². The molecule has 22 heteroatoms. The van der Waals surface area contributed by atoms with Crippen molar-refractivity contribution in [2.75, 3.05) is 25.5 Å². The van der Waals surface area contributed by atoms with Crippen molar-refractivity contribution in [1.29, 1.82) is 0 Å². The molecule has 0 spiro atoms. The average Bonchev–Trinajstić information content (AvgIpc) is 0.810. The molecule has 1 aromatic rings. The molecule has 0 unspecified atom stereocenters. The van der Waals surface area contributed by atoms with Crippen LogP contribution in [0.1, 0.15) is 303 Å². The van der Waals surface area contributed by atoms with E-state index in [1.807, 2.05) is 0 Å². The van der Waals surface area contributed by atoms with Crippen molar-refractivity contribution in [2.24, 2.45) is 11.7 Å². The van der Waals surface area contributed by atoms with E-state index in [1.165, 1.54) is 148 Å². The first-order chi connectivity index (χ1) is 46.2. The molecule has 0 aromatic heterocycles. The number of carbonyl (C=O) groups excluding carboxylic acids is 7. The molecule has 96 heavy (non-hydrogen) atoms. The van der Waals surface area contributed by atoms with Crippen LogP contribution < -0.4 is 27.4 Å². The molecule has 1 aliphatic heterocycles. The summed E-state index contributed by atoms with van der Waals surface area (Å²) in [7, 11) is 0. The van der Waals surface area contributed by atoms with Crippen LogP contribution in [0.3, 0.4) is 0 Å². The summed E-state index contributed by atoms with van der Waals surface area (Å²) in [5.74, 6) is -4.13. The molecule has 554 valence electrons. The van der Waals surface area contributed by atoms with E-state index in [-0.39, 0.29) is 50.9 Å². The van der Waals surface area contributed by atoms with Crippen LogP contribution >= 0.6 is 0 Å². The Hall–Kier alpha value is -4.97. The zero-order chi connectivity index (χ0) is 70.7. The number of nitrogens with zero attached hydrogens (tertiary/aromatic N) is 1. The second-order valence-corrected chi connectivity index (χ2v) is 27.3. The number of ketones is 1. The van der Waals surface area contributed by atoms with Gasteiger partial charge in [0, 0.05) is 31.5 Å². The monoisotopic (exact) mass is 1360 g/mol. The van der Waals surface area contributed by atoms with Gasteiger partial charge in [-0.3, -0.25) is 19.2 Å². The number of Topliss-reactive ketones (excluding diaryl/α,β-unsaturated/α-hetero) is 1. The lowest BCUT2D eigenvalue weighted by Gasteiger charge is -2.41. The topological polar surface area (TPSA) is 349 Å². The van der Waals surface area contributed by atoms with Gasteiger partial charge in [-0.05, 0) is 62.6 Å². The van der Waals surface area contributed by atoms with Crippen molar-refractivity contribution in [3.05, 3.63) is 29.8 Å². The van der Waals surface area contributed by atoms with Crippen LogP contribution in [0.25, 0.3) is 0 Å². The summed E-state index contributed by atoms with van der Waals surface area (Å²) in [6, 6.07) is 0.558. The number of urea groups is 1. The van der Waals surface area contributed by atoms with Crippen LogP contribution in [0.15, 0.2) is 24.3 Å². The Morgan fingerprint density at radius 3 is 1.51 bits per heavy atom. The number of carbonyl (C=O) groups is 7. The Kier molecular flexibility index (Phi) is 49.8. The van der Waals surface area contributed by atoms with E-state index in [2.05, 4.69) is 29.8 Å². The van der Waals surface area contributed by atoms with Crippen LogP contribution in [0.2, 0.25) is 0 Å². The van der Waals surface area contributed by atoms with E-state index in [0.29, 0.717) is 35.4 Å². The maximum absolute atomic E-state index is 15.7. The molecule has 1 fully saturated rings. The van der Waals surface area contributed by atoms with Gasteiger partial charge in [0.05, 0.1) is 19.3 Å². The van der Waals surface area contributed by atoms with E-state index >= 15 is 9.59 Å². The van der Waals surface area contributed by atoms with Gasteiger partial charge in [-0.1, -0.05) is 252 Å². The normalized spacial score (nSPS) is 17.8. The Balaban J connectivity index is 2.47. The number of ether oxygens (including phenoxy) is 4. The van der Waals surface area contributed by atoms with Gasteiger partial charge < -0.3 is 76.7 Å². The molecule has 1 saturated heterocycles. The summed E-state index contributed by atoms with van der Waals surface area (Å²) in [6.07, 6.45) is 26.3. The van der Waals surface area contributed by atoms with E-state index in [9.17, 15) is 49.5 Å². The number of nitrogen functional groups attached to an aromatic ring is 1. The maximum Gasteiger partial charge on any atom is 0.417 e. The molecule has 1 aliphatic rings. The summed E-state index contributed by atoms with van der Waals surface area (Å²) >= 11 is 0. The lowest BCUT2D eigenvalue weighted by molar-refractivity contribution is -0.304. The van der Waals surface area contributed by atoms with Gasteiger partial charge >= 0.3 is 18.1 Å². The van der Waals surface area contributed by atoms with Crippen LogP contribution in [0, 0.1) is 5.92 Å². The summed E-state index contributed by atoms with van der Waals surface area (Å²) < 4.78 is 23.8. The number of aliphatic hydroxyl groups is 5. The van der Waals surface area contributed by atoms with E-state index in [1.54, 1.807) is 38.1 Å². The van der Waals surface area contributed by atoms with Crippen LogP contribution in [0.4, 0.5) is 15.3 Å². The van der Waals surface area contributed by atoms with Gasteiger partial charge in [-0.15, -0.1) is 0 Å². The molecule has 2 rings (SSSR count). The number of hydrogen-bond acceptors (Lipinski definition) is 17. The lowest BCUT2D eigenvalue weighted by atomic mass is 9.96. The number of esters is 1. The summed E-state index contributed by atoms with van der Waals surface area (Å²) in [4.78, 5) is 96.6. The second-order valence-electron chi connectivity index (χ2n) is 27.3. The molecule has 22 nitrogen and oxygen atoms in total. The zero-order valence-electron chi connectivity index (χ0n) is 59.8. The highest BCUT2D eigenvalue weighted by Crippen LogP contribution is 2.27. The van der Waals surface area contributed by atoms with Gasteiger partial charge in [0.1, 0.15) is 61.1 Å². The highest BCUT2D eigenvalue weighted by molar-refractivity contribution is 5.98. The standard InChI is InChI=1S/C74H132N6O16/c1-6-8-10-12-14-16-18-20-21-22-23-24-25-26-27-28-29-30-32-34-36-38-40-44-64(84)95-61(43-39-37-35-33-31-19-17-15-13-11-9-7-2)66(85)60(54-93-72-69(88)68(87)67(86)62(52-81)96-72)80(74(92)94-53-57-46-48-58(75)49-47-57)71(90)59(42-41-51-77-73(76)91)78-70(89)65(55(3)4)79-63(83)50-45-56(5)82/h46-49,55,59-62,65-69,72,81,85-88H,6-45,50-54,75H2,1-5H3,(H,78,89)(H,79,83)(H3,76,77,91)/t59-,60-,61+,62+,65-,66-,67-,68-,69+,72-/m0/s1. The molecule has 0 radical (unpaired) electrons. The van der Waals surface area contributed by atoms with Crippen molar-refractivity contribution in [1.82, 2.24) is 20.9 Å². The fourth-order valence-corrected chi connectivity index (χ4v) is 12.2. The second kappa shape index (κ2) is 54.9. The summed E-state index contributed by atoms with van der Waals surface area (Å²) in [5.41, 5.74) is 12.2. The summed E-state index contributed by atoms with van der Waals surface area (Å²) in [5, 5.41) is 63.6. The molecule has 0 aliphatic carbocycles. The Morgan fingerprint density at radius 2 is 1.06 bits per heavy atom. The van der Waals surface area contributed by atoms with Gasteiger partial charge in [0.15, 0.2) is 6.29 Å². The SMILES string of the molecule is CCCCCCCCCCCCCCCCCCCCCCCCCC(=O)O[C@H](CCCCCCCCCCCCCC)[C@@H](O)[C@H](CO[C@H]1O[C@H](CO)[C@H](O)[C@H](O)[C@H]1O)N(C(=O)OCc1ccc(N)cc1)C(=O)[C@H](CCCNC(N)=O)NC(=O)[C@@H](NC(=O)CCC(C)=O)C(C)C. The van der Waals surface area contributed by atoms with Crippen LogP contribution in [-0.4, -0.2) is 153 Å². The molecule has 6 amide bonds. The molecule has 12 N–H and O–H groups in total. The van der Waals surface area contributed by atoms with Crippen molar-refractivity contribution in [3.8, 4) is 0 Å². The molecule has 0 saturated carbocycles. The number of aliphatic hydroxyl groups excluding tert-OH is 5. The van der Waals surface area contributed by atoms with E-state index in [0.717, 1.165) is 64.2 Å². The predicted octanol–water partition coefficient (Wildman–Crippen LogP) is 12.1. The highest BCUT2D eigenvalue weighted by atomic mass is 16.7. The minimum absolute atomic E-state index is 0.00885. The van der Waals surface area contributed by atoms with E-state index < -0.39 is 123 Å². The Bertz CT molecular complexity index is 2230. The molecular formula is C74H132N6O16. The van der Waals surface area contributed by atoms with E-state index in [4.69, 9.17) is 30.4 Å². The Morgan fingerprint density at radius 1 is 0.594 bits per heavy atom. The predicted molar refractivity (Wildman–Crippen MR) is 375 cm³/mol. The largest absolute Gasteiger partial charge is 0.460 e. The van der Waals surface area contributed by atoms with Crippen LogP contribution in [-0.2, 0) is 49.5 Å². The highest BCUT2D eigenvalue weighted by Gasteiger charge is 2.48. The fraction of sp³-hybridized carbons (Fsp3) is 0.824. The number of benzene rings is 1. The zero-order valence-corrected chi connectivity index (χ0v) is 59.8. The third-order valence-corrected chi connectivity index (χ3v) is 18.3. The number of unbranched alkanes of at least 4 members (excludes halogenated alkanes) is 33. The molecule has 1 aromatic carbocycles. The number of imide groups is 1. The quantitative estimate of drug-likeness (QED) is 0.0165. The van der Waals surface area contributed by atoms with Crippen molar-refractivity contribution in [3.63, 3.8) is 0 Å². The van der Waals surface area contributed by atoms with Gasteiger partial charge in [0.25, 0.3) is 5.91 Å². The minimum atomic E-state index is -1.98. The van der Waals surface area contributed by atoms with Gasteiger partial charge in [-0.2, -0.15) is 0 Å². The minimum Gasteiger partial charge on any atom is -0.460 e. The first-order valence-corrected chi connectivity index (χ1v) is 37.5. The van der Waals surface area contributed by atoms with Crippen molar-refractivity contribution in [2.45, 2.75) is 366 Å². The number of primary amides is 1. The number of anilines is 1. The van der Waals surface area contributed by atoms with Gasteiger partial charge in [-0.25, -0.2) is 14.5 Å². The average molecular weight is 1360 g/mol. The summed E-state index contributed by atoms with van der Waals surface area (Å²) in [6.45, 7) is 6.80. The van der Waals surface area contributed by atoms with Crippen molar-refractivity contribution >= 4 is 47.3 Å². The molecule has 10 atom stereocenters. The van der Waals surface area contributed by atoms with Crippen molar-refractivity contribution < 1.29 is 78.0 Å². The maximum atomic E-state index is 15.7. The van der Waals surface area contributed by atoms with Gasteiger partial charge in [0.2, 0.25) is 11.8 Å². The smallest absolute Gasteiger partial charge is 0.417 e. The fourth-order valence-electron chi connectivity index (χ4n) is 12.2. The molecule has 0 bridgehead atoms. The number of nitrogens with one attached hydrogen (secondary N) is 3. The number of rotatable bonds is 59. The number of nitrogens with two attached hydrogens (primary N) is 2. The first-order valence-electron chi connectivity index (χ1n) is 37.5. The molecule has 1 heterocycles. The third kappa shape index (κ3) is 39.6. The lowest BCUT2D eigenvalue weighted by Crippen LogP contribution is -2.63. The van der Waals surface area contributed by atoms with Crippen LogP contribution in [0.5, 0.6) is 0 Å². The number of amides is 6. The third-order valence-electron chi connectivity index (χ3n) is 18.3.